The Balaban J connectivity index is 1.67. The number of aromatic nitrogens is 1. The molecule has 55 heavy (non-hydrogen) atoms. The summed E-state index contributed by atoms with van der Waals surface area (Å²) < 4.78 is 26.9. The van der Waals surface area contributed by atoms with Crippen molar-refractivity contribution in [2.45, 2.75) is 57.2 Å². The zero-order valence-electron chi connectivity index (χ0n) is 30.8. The number of pyridine rings is 1. The van der Waals surface area contributed by atoms with Gasteiger partial charge in [0.1, 0.15) is 16.9 Å². The van der Waals surface area contributed by atoms with Crippen LogP contribution in [0.4, 0.5) is 0 Å². The van der Waals surface area contributed by atoms with E-state index in [1.54, 1.807) is 28.0 Å². The normalized spacial score (nSPS) is 17.3. The van der Waals surface area contributed by atoms with Crippen molar-refractivity contribution in [3.05, 3.63) is 52.3 Å². The van der Waals surface area contributed by atoms with Crippen molar-refractivity contribution < 1.29 is 48.0 Å². The van der Waals surface area contributed by atoms with E-state index < -0.39 is 46.0 Å². The van der Waals surface area contributed by atoms with Crippen molar-refractivity contribution in [2.24, 2.45) is 0 Å². The van der Waals surface area contributed by atoms with E-state index in [1.807, 2.05) is 28.0 Å². The zero-order valence-corrected chi connectivity index (χ0v) is 32.5. The number of carbonyl (C=O) groups is 4. The van der Waals surface area contributed by atoms with Gasteiger partial charge in [0.15, 0.2) is 5.43 Å². The number of carboxylic acid groups (broad SMARTS) is 4. The van der Waals surface area contributed by atoms with Gasteiger partial charge in [-0.05, 0) is 49.9 Å². The second-order valence-electron chi connectivity index (χ2n) is 13.7. The molecule has 0 bridgehead atoms. The Hall–Kier alpha value is -4.11. The first kappa shape index (κ1) is 43.6. The number of benzene rings is 1. The molecule has 19 heteroatoms. The highest BCUT2D eigenvalue weighted by Crippen LogP contribution is 2.24. The Morgan fingerprint density at radius 3 is 1.80 bits per heavy atom. The predicted molar refractivity (Wildman–Crippen MR) is 207 cm³/mol. The number of fused-ring (bicyclic) bond motifs is 2. The molecule has 0 saturated carbocycles. The molecule has 4 rings (SSSR count). The minimum atomic E-state index is -3.50. The molecule has 3 heterocycles. The van der Waals surface area contributed by atoms with Crippen LogP contribution < -0.4 is 10.2 Å². The summed E-state index contributed by atoms with van der Waals surface area (Å²) in [7, 11) is -3.50. The summed E-state index contributed by atoms with van der Waals surface area (Å²) in [6, 6.07) is 8.84. The molecule has 5 N–H and O–H groups in total. The molecule has 0 aliphatic carbocycles. The van der Waals surface area contributed by atoms with Gasteiger partial charge >= 0.3 is 23.9 Å². The lowest BCUT2D eigenvalue weighted by atomic mass is 10.1. The van der Waals surface area contributed by atoms with Crippen LogP contribution in [-0.4, -0.2) is 161 Å². The number of nitrogens with one attached hydrogen (secondary N) is 1. The molecule has 2 atom stereocenters. The minimum Gasteiger partial charge on any atom is -0.481 e. The van der Waals surface area contributed by atoms with Crippen LogP contribution in [-0.2, 0) is 35.7 Å². The predicted octanol–water partition coefficient (Wildman–Crippen LogP) is 1.50. The van der Waals surface area contributed by atoms with Gasteiger partial charge in [0.2, 0.25) is 10.0 Å². The third-order valence-corrected chi connectivity index (χ3v) is 11.5. The van der Waals surface area contributed by atoms with Crippen molar-refractivity contribution in [3.8, 4) is 0 Å². The molecule has 302 valence electrons. The smallest absolute Gasteiger partial charge is 0.320 e. The van der Waals surface area contributed by atoms with Crippen LogP contribution in [0.5, 0.6) is 0 Å². The van der Waals surface area contributed by atoms with Crippen LogP contribution in [0.3, 0.4) is 0 Å². The lowest BCUT2D eigenvalue weighted by Gasteiger charge is -2.37. The third-order valence-electron chi connectivity index (χ3n) is 9.68. The van der Waals surface area contributed by atoms with Crippen LogP contribution in [0.25, 0.3) is 20.3 Å². The van der Waals surface area contributed by atoms with Gasteiger partial charge in [0, 0.05) is 94.9 Å². The average Bonchev–Trinajstić information content (AvgIpc) is 3.10. The molecule has 1 aliphatic rings. The highest BCUT2D eigenvalue weighted by molar-refractivity contribution is 7.88. The van der Waals surface area contributed by atoms with E-state index >= 15 is 0 Å². The van der Waals surface area contributed by atoms with E-state index in [0.29, 0.717) is 54.0 Å². The number of nitrogens with zero attached hydrogens (tertiary/aromatic N) is 5. The monoisotopic (exact) mass is 806 g/mol. The minimum absolute atomic E-state index is 0.0673. The number of sulfonamides is 1. The number of hydrogen-bond acceptors (Lipinski definition) is 13. The molecule has 1 fully saturated rings. The van der Waals surface area contributed by atoms with Crippen LogP contribution in [0, 0.1) is 0 Å². The largest absolute Gasteiger partial charge is 0.481 e. The Kier molecular flexibility index (Phi) is 16.4. The maximum absolute atomic E-state index is 13.2. The molecule has 1 aromatic carbocycles. The summed E-state index contributed by atoms with van der Waals surface area (Å²) in [5.74, 6) is -4.24. The highest BCUT2D eigenvalue weighted by Gasteiger charge is 2.30. The molecule has 0 radical (unpaired) electrons. The Bertz CT molecular complexity index is 1920. The molecule has 0 amide bonds. The van der Waals surface area contributed by atoms with Gasteiger partial charge in [-0.15, -0.1) is 11.3 Å². The SMILES string of the molecule is CS(=O)(=O)NCCN1CCN(C(CCCC(=O)O)C(=O)O)CCN(Cc2ccc3c(=O)c4ccccc4sc3n2)CCN(C(CCCC(=O)O)C(=O)O)CC1. The zero-order chi connectivity index (χ0) is 40.1. The van der Waals surface area contributed by atoms with Crippen molar-refractivity contribution in [1.29, 1.82) is 0 Å². The molecule has 2 unspecified atom stereocenters. The van der Waals surface area contributed by atoms with Crippen LogP contribution in [0.1, 0.15) is 44.2 Å². The number of aliphatic carboxylic acids is 4. The second-order valence-corrected chi connectivity index (χ2v) is 16.6. The Morgan fingerprint density at radius 2 is 1.29 bits per heavy atom. The molecular formula is C36H50N6O11S2. The van der Waals surface area contributed by atoms with E-state index in [0.717, 1.165) is 11.0 Å². The maximum Gasteiger partial charge on any atom is 0.320 e. The summed E-state index contributed by atoms with van der Waals surface area (Å²) in [5.41, 5.74) is 0.535. The van der Waals surface area contributed by atoms with E-state index in [9.17, 15) is 52.8 Å². The van der Waals surface area contributed by atoms with E-state index in [1.165, 1.54) is 11.3 Å². The van der Waals surface area contributed by atoms with E-state index in [2.05, 4.69) is 4.72 Å². The Morgan fingerprint density at radius 1 is 0.764 bits per heavy atom. The van der Waals surface area contributed by atoms with Gasteiger partial charge in [-0.3, -0.25) is 43.6 Å². The topological polar surface area (TPSA) is 238 Å². The fourth-order valence-corrected chi connectivity index (χ4v) is 8.30. The summed E-state index contributed by atoms with van der Waals surface area (Å²) in [6.07, 6.45) is 1.17. The van der Waals surface area contributed by atoms with Crippen molar-refractivity contribution in [2.75, 3.05) is 71.7 Å². The quantitative estimate of drug-likeness (QED) is 0.115. The molecule has 1 aliphatic heterocycles. The van der Waals surface area contributed by atoms with Gasteiger partial charge in [-0.1, -0.05) is 12.1 Å². The third kappa shape index (κ3) is 13.9. The second kappa shape index (κ2) is 20.7. The van der Waals surface area contributed by atoms with E-state index in [4.69, 9.17) is 4.98 Å². The van der Waals surface area contributed by atoms with Gasteiger partial charge in [-0.2, -0.15) is 0 Å². The highest BCUT2D eigenvalue weighted by atomic mass is 32.2. The fraction of sp³-hybridized carbons (Fsp3) is 0.556. The Labute approximate surface area is 323 Å². The standard InChI is InChI=1S/C36H50N6O11S2/c1-55(52,53)37-14-15-39-16-20-41(28(35(48)49)7-4-10-31(43)44)22-18-40(19-23-42(21-17-39)29(36(50)51)8-5-11-32(45)46)24-25-12-13-27-33(47)26-6-2-3-9-30(26)54-34(27)38-25/h2-3,6,9,12-13,28-29,37H,4-5,7-8,10-11,14-24H2,1H3,(H,43,44)(H,45,46)(H,48,49)(H,50,51). The maximum atomic E-state index is 13.2. The van der Waals surface area contributed by atoms with Gasteiger partial charge in [0.25, 0.3) is 0 Å². The van der Waals surface area contributed by atoms with Crippen LogP contribution >= 0.6 is 11.3 Å². The summed E-state index contributed by atoms with van der Waals surface area (Å²) in [4.78, 5) is 74.0. The summed E-state index contributed by atoms with van der Waals surface area (Å²) >= 11 is 1.40. The average molecular weight is 807 g/mol. The van der Waals surface area contributed by atoms with Crippen molar-refractivity contribution in [3.63, 3.8) is 0 Å². The molecular weight excluding hydrogens is 757 g/mol. The molecule has 3 aromatic rings. The summed E-state index contributed by atoms with van der Waals surface area (Å²) in [6.45, 7) is 2.88. The van der Waals surface area contributed by atoms with Gasteiger partial charge in [0.05, 0.1) is 17.3 Å². The number of carboxylic acids is 4. The van der Waals surface area contributed by atoms with Gasteiger partial charge < -0.3 is 20.4 Å². The molecule has 17 nitrogen and oxygen atoms in total. The first-order valence-corrected chi connectivity index (χ1v) is 20.9. The molecule has 0 spiro atoms. The van der Waals surface area contributed by atoms with Gasteiger partial charge in [-0.25, -0.2) is 18.1 Å². The first-order chi connectivity index (χ1) is 26.1. The van der Waals surface area contributed by atoms with Crippen molar-refractivity contribution >= 4 is 65.5 Å². The molecule has 2 aromatic heterocycles. The number of hydrogen-bond donors (Lipinski definition) is 5. The number of rotatable bonds is 18. The van der Waals surface area contributed by atoms with E-state index in [-0.39, 0.29) is 83.2 Å². The lowest BCUT2D eigenvalue weighted by molar-refractivity contribution is -0.145. The van der Waals surface area contributed by atoms with Crippen LogP contribution in [0.2, 0.25) is 0 Å². The molecule has 1 saturated heterocycles. The lowest BCUT2D eigenvalue weighted by Crippen LogP contribution is -2.53. The van der Waals surface area contributed by atoms with Crippen LogP contribution in [0.15, 0.2) is 41.2 Å². The van der Waals surface area contributed by atoms with Crippen molar-refractivity contribution in [1.82, 2.24) is 29.3 Å². The fourth-order valence-electron chi connectivity index (χ4n) is 6.78. The summed E-state index contributed by atoms with van der Waals surface area (Å²) in [5, 5.41) is 40.1. The first-order valence-electron chi connectivity index (χ1n) is 18.2.